The molecule has 0 N–H and O–H groups in total. The van der Waals surface area contributed by atoms with Crippen molar-refractivity contribution in [3.05, 3.63) is 9.81 Å². The first-order chi connectivity index (χ1) is 10.5. The summed E-state index contributed by atoms with van der Waals surface area (Å²) in [6.45, 7) is 13.2. The Morgan fingerprint density at radius 1 is 1.39 bits per heavy atom. The number of nitrogens with zero attached hydrogens (tertiary/aromatic N) is 3. The number of aromatic nitrogens is 2. The summed E-state index contributed by atoms with van der Waals surface area (Å²) in [6.07, 6.45) is 1.64. The number of hydrogen-bond acceptors (Lipinski definition) is 5. The van der Waals surface area contributed by atoms with Crippen molar-refractivity contribution >= 4 is 17.4 Å². The van der Waals surface area contributed by atoms with Crippen LogP contribution in [0.5, 0.6) is 0 Å². The topological polar surface area (TPSA) is 65.7 Å². The van der Waals surface area contributed by atoms with Gasteiger partial charge in [0.2, 0.25) is 4.80 Å². The lowest BCUT2D eigenvalue weighted by molar-refractivity contribution is 0.0592. The van der Waals surface area contributed by atoms with Crippen LogP contribution in [0.3, 0.4) is 0 Å². The van der Waals surface area contributed by atoms with Crippen LogP contribution in [0.15, 0.2) is 4.99 Å². The Kier molecular flexibility index (Phi) is 5.30. The van der Waals surface area contributed by atoms with Gasteiger partial charge in [0.05, 0.1) is 12.6 Å². The predicted molar refractivity (Wildman–Crippen MR) is 89.6 cm³/mol. The van der Waals surface area contributed by atoms with Crippen molar-refractivity contribution in [3.63, 3.8) is 0 Å². The minimum Gasteiger partial charge on any atom is -0.442 e. The highest BCUT2D eigenvalue weighted by Crippen LogP contribution is 2.22. The molecule has 1 amide bonds. The second-order valence-corrected chi connectivity index (χ2v) is 8.81. The minimum atomic E-state index is -0.581. The zero-order chi connectivity index (χ0) is 17.3. The summed E-state index contributed by atoms with van der Waals surface area (Å²) in [5, 5.41) is 5.59. The molecule has 0 aromatic carbocycles. The van der Waals surface area contributed by atoms with Crippen molar-refractivity contribution in [1.29, 1.82) is 0 Å². The Balaban J connectivity index is 2.31. The first kappa shape index (κ1) is 18.1. The molecular weight excluding hydrogens is 314 g/mol. The molecule has 2 rings (SSSR count). The molecule has 1 fully saturated rings. The van der Waals surface area contributed by atoms with Gasteiger partial charge >= 0.3 is 6.09 Å². The van der Waals surface area contributed by atoms with E-state index in [1.807, 2.05) is 20.8 Å². The van der Waals surface area contributed by atoms with Gasteiger partial charge in [-0.15, -0.1) is 4.99 Å². The Morgan fingerprint density at radius 2 is 2.09 bits per heavy atom. The summed E-state index contributed by atoms with van der Waals surface area (Å²) < 4.78 is 12.8. The molecule has 6 nitrogen and oxygen atoms in total. The number of hydrogen-bond donors (Lipinski definition) is 0. The van der Waals surface area contributed by atoms with Gasteiger partial charge in [-0.1, -0.05) is 32.1 Å². The summed E-state index contributed by atoms with van der Waals surface area (Å²) in [4.78, 5) is 16.7. The van der Waals surface area contributed by atoms with E-state index in [9.17, 15) is 4.79 Å². The third-order valence-corrected chi connectivity index (χ3v) is 4.61. The van der Waals surface area contributed by atoms with Crippen LogP contribution in [0, 0.1) is 0 Å². The van der Waals surface area contributed by atoms with Crippen LogP contribution in [0.4, 0.5) is 4.79 Å². The van der Waals surface area contributed by atoms with Crippen molar-refractivity contribution in [2.75, 3.05) is 6.61 Å². The van der Waals surface area contributed by atoms with Crippen LogP contribution in [0.2, 0.25) is 0 Å². The fourth-order valence-corrected chi connectivity index (χ4v) is 3.12. The first-order valence-electron chi connectivity index (χ1n) is 8.02. The molecule has 0 unspecified atom stereocenters. The maximum atomic E-state index is 12.0. The van der Waals surface area contributed by atoms with Crippen LogP contribution in [0.1, 0.15) is 59.4 Å². The Morgan fingerprint density at radius 3 is 2.61 bits per heavy atom. The maximum Gasteiger partial charge on any atom is 0.436 e. The van der Waals surface area contributed by atoms with E-state index >= 15 is 0 Å². The van der Waals surface area contributed by atoms with Gasteiger partial charge in [-0.05, 0) is 33.6 Å². The van der Waals surface area contributed by atoms with Crippen molar-refractivity contribution in [1.82, 2.24) is 9.78 Å². The lowest BCUT2D eigenvalue weighted by Crippen LogP contribution is -2.27. The molecule has 0 bridgehead atoms. The molecule has 0 aliphatic carbocycles. The molecular formula is C16H27N3O3S. The standard InChI is InChI=1S/C16H27N3O3S/c1-15(2,3)12-18-19(10-11-8-7-9-21-11)13(23-12)17-14(20)22-16(4,5)6/h11H,7-10H2,1-6H3/t11-/m1/s1. The average molecular weight is 341 g/mol. The van der Waals surface area contributed by atoms with E-state index in [0.29, 0.717) is 11.3 Å². The fourth-order valence-electron chi connectivity index (χ4n) is 2.16. The summed E-state index contributed by atoms with van der Waals surface area (Å²) in [7, 11) is 0. The Hall–Kier alpha value is -1.21. The third-order valence-electron chi connectivity index (χ3n) is 3.24. The van der Waals surface area contributed by atoms with Crippen LogP contribution >= 0.6 is 11.3 Å². The molecule has 1 aromatic rings. The van der Waals surface area contributed by atoms with Gasteiger partial charge in [-0.25, -0.2) is 9.48 Å². The van der Waals surface area contributed by atoms with E-state index in [1.54, 1.807) is 4.68 Å². The molecule has 1 atom stereocenters. The molecule has 0 spiro atoms. The molecule has 7 heteroatoms. The number of amides is 1. The number of rotatable bonds is 2. The fraction of sp³-hybridized carbons (Fsp3) is 0.812. The molecule has 1 aromatic heterocycles. The monoisotopic (exact) mass is 341 g/mol. The van der Waals surface area contributed by atoms with E-state index in [1.165, 1.54) is 11.3 Å². The first-order valence-corrected chi connectivity index (χ1v) is 8.84. The number of carbonyl (C=O) groups is 1. The Bertz CT molecular complexity index is 614. The van der Waals surface area contributed by atoms with Gasteiger partial charge in [-0.3, -0.25) is 0 Å². The summed E-state index contributed by atoms with van der Waals surface area (Å²) >= 11 is 1.43. The quantitative estimate of drug-likeness (QED) is 0.828. The number of ether oxygens (including phenoxy) is 2. The minimum absolute atomic E-state index is 0.0926. The zero-order valence-electron chi connectivity index (χ0n) is 14.9. The largest absolute Gasteiger partial charge is 0.442 e. The van der Waals surface area contributed by atoms with Gasteiger partial charge in [0, 0.05) is 12.0 Å². The second-order valence-electron chi connectivity index (χ2n) is 7.85. The molecule has 2 heterocycles. The zero-order valence-corrected chi connectivity index (χ0v) is 15.7. The van der Waals surface area contributed by atoms with Crippen LogP contribution in [0.25, 0.3) is 0 Å². The highest BCUT2D eigenvalue weighted by molar-refractivity contribution is 7.09. The molecule has 1 aliphatic rings. The molecule has 0 radical (unpaired) electrons. The van der Waals surface area contributed by atoms with Crippen LogP contribution < -0.4 is 4.80 Å². The highest BCUT2D eigenvalue weighted by Gasteiger charge is 2.23. The van der Waals surface area contributed by atoms with Crippen molar-refractivity contribution in [3.8, 4) is 0 Å². The second kappa shape index (κ2) is 6.73. The van der Waals surface area contributed by atoms with E-state index < -0.39 is 11.7 Å². The summed E-state index contributed by atoms with van der Waals surface area (Å²) in [5.41, 5.74) is -0.651. The molecule has 1 aliphatic heterocycles. The number of carbonyl (C=O) groups excluding carboxylic acids is 1. The van der Waals surface area contributed by atoms with E-state index in [-0.39, 0.29) is 11.5 Å². The van der Waals surface area contributed by atoms with E-state index in [4.69, 9.17) is 9.47 Å². The SMILES string of the molecule is CC(C)(C)OC(=O)N=c1sc(C(C)(C)C)nn1C[C@H]1CCCO1. The van der Waals surface area contributed by atoms with Crippen LogP contribution in [-0.4, -0.2) is 34.2 Å². The molecule has 1 saturated heterocycles. The summed E-state index contributed by atoms with van der Waals surface area (Å²) in [6, 6.07) is 0. The third kappa shape index (κ3) is 5.42. The van der Waals surface area contributed by atoms with Gasteiger partial charge < -0.3 is 9.47 Å². The van der Waals surface area contributed by atoms with Crippen LogP contribution in [-0.2, 0) is 21.4 Å². The van der Waals surface area contributed by atoms with Crippen molar-refractivity contribution in [2.24, 2.45) is 4.99 Å². The molecule has 23 heavy (non-hydrogen) atoms. The lowest BCUT2D eigenvalue weighted by atomic mass is 9.98. The average Bonchev–Trinajstić information content (AvgIpc) is 2.97. The summed E-state index contributed by atoms with van der Waals surface area (Å²) in [5.74, 6) is 0. The molecule has 0 saturated carbocycles. The smallest absolute Gasteiger partial charge is 0.436 e. The van der Waals surface area contributed by atoms with E-state index in [0.717, 1.165) is 24.5 Å². The van der Waals surface area contributed by atoms with Gasteiger partial charge in [0.25, 0.3) is 0 Å². The van der Waals surface area contributed by atoms with E-state index in [2.05, 4.69) is 30.9 Å². The normalized spacial score (nSPS) is 20.1. The maximum absolute atomic E-state index is 12.0. The van der Waals surface area contributed by atoms with Gasteiger partial charge in [0.1, 0.15) is 10.6 Å². The van der Waals surface area contributed by atoms with Crippen molar-refractivity contribution < 1.29 is 14.3 Å². The lowest BCUT2D eigenvalue weighted by Gasteiger charge is -2.17. The highest BCUT2D eigenvalue weighted by atomic mass is 32.1. The van der Waals surface area contributed by atoms with Crippen molar-refractivity contribution in [2.45, 2.75) is 78.0 Å². The van der Waals surface area contributed by atoms with Gasteiger partial charge in [-0.2, -0.15) is 5.10 Å². The Labute approximate surface area is 141 Å². The predicted octanol–water partition coefficient (Wildman–Crippen LogP) is 3.26. The molecule has 130 valence electrons. The van der Waals surface area contributed by atoms with Gasteiger partial charge in [0.15, 0.2) is 0 Å².